The Morgan fingerprint density at radius 1 is 1.38 bits per heavy atom. The second-order valence-electron chi connectivity index (χ2n) is 4.12. The first-order chi connectivity index (χ1) is 7.92. The molecule has 0 unspecified atom stereocenters. The van der Waals surface area contributed by atoms with Crippen molar-refractivity contribution >= 4 is 22.8 Å². The van der Waals surface area contributed by atoms with Gasteiger partial charge >= 0.3 is 0 Å². The summed E-state index contributed by atoms with van der Waals surface area (Å²) < 4.78 is 0. The molecule has 1 N–H and O–H groups in total. The van der Waals surface area contributed by atoms with Crippen LogP contribution < -0.4 is 0 Å². The SMILES string of the molecule is c1cnc2[nH]c(CN3CCSCC3)cc2c1. The van der Waals surface area contributed by atoms with E-state index in [0.717, 1.165) is 12.2 Å². The summed E-state index contributed by atoms with van der Waals surface area (Å²) in [7, 11) is 0. The molecular weight excluding hydrogens is 218 g/mol. The minimum Gasteiger partial charge on any atom is -0.342 e. The topological polar surface area (TPSA) is 31.9 Å². The Balaban J connectivity index is 1.78. The van der Waals surface area contributed by atoms with Gasteiger partial charge in [-0.25, -0.2) is 4.98 Å². The highest BCUT2D eigenvalue weighted by atomic mass is 32.2. The molecule has 16 heavy (non-hydrogen) atoms. The maximum Gasteiger partial charge on any atom is 0.137 e. The second-order valence-corrected chi connectivity index (χ2v) is 5.35. The van der Waals surface area contributed by atoms with E-state index in [-0.39, 0.29) is 0 Å². The average Bonchev–Trinajstić information content (AvgIpc) is 2.72. The van der Waals surface area contributed by atoms with E-state index in [4.69, 9.17) is 0 Å². The molecule has 84 valence electrons. The number of fused-ring (bicyclic) bond motifs is 1. The number of aromatic amines is 1. The molecule has 2 aromatic rings. The van der Waals surface area contributed by atoms with E-state index in [9.17, 15) is 0 Å². The summed E-state index contributed by atoms with van der Waals surface area (Å²) >= 11 is 2.05. The van der Waals surface area contributed by atoms with Crippen molar-refractivity contribution < 1.29 is 0 Å². The van der Waals surface area contributed by atoms with Gasteiger partial charge in [-0.05, 0) is 18.2 Å². The lowest BCUT2D eigenvalue weighted by Crippen LogP contribution is -2.32. The maximum absolute atomic E-state index is 4.32. The van der Waals surface area contributed by atoms with Crippen LogP contribution >= 0.6 is 11.8 Å². The van der Waals surface area contributed by atoms with Crippen LogP contribution in [0.5, 0.6) is 0 Å². The molecule has 0 bridgehead atoms. The fourth-order valence-electron chi connectivity index (χ4n) is 2.10. The summed E-state index contributed by atoms with van der Waals surface area (Å²) in [6.45, 7) is 3.43. The molecule has 0 spiro atoms. The highest BCUT2D eigenvalue weighted by molar-refractivity contribution is 7.99. The van der Waals surface area contributed by atoms with Crippen LogP contribution in [0.2, 0.25) is 0 Å². The van der Waals surface area contributed by atoms with Crippen molar-refractivity contribution in [1.29, 1.82) is 0 Å². The molecular formula is C12H15N3S. The molecule has 3 heterocycles. The summed E-state index contributed by atoms with van der Waals surface area (Å²) in [6.07, 6.45) is 1.83. The lowest BCUT2D eigenvalue weighted by Gasteiger charge is -2.25. The minimum absolute atomic E-state index is 1.00. The van der Waals surface area contributed by atoms with Crippen LogP contribution in [0.1, 0.15) is 5.69 Å². The van der Waals surface area contributed by atoms with Gasteiger partial charge in [0, 0.05) is 48.4 Å². The standard InChI is InChI=1S/C12H15N3S/c1-2-10-8-11(14-12(10)13-3-1)9-15-4-6-16-7-5-15/h1-3,8H,4-7,9H2,(H,13,14). The van der Waals surface area contributed by atoms with Crippen molar-refractivity contribution in [2.75, 3.05) is 24.6 Å². The third kappa shape index (κ3) is 2.08. The first kappa shape index (κ1) is 10.2. The van der Waals surface area contributed by atoms with Crippen molar-refractivity contribution in [1.82, 2.24) is 14.9 Å². The van der Waals surface area contributed by atoms with Crippen LogP contribution in [0.3, 0.4) is 0 Å². The van der Waals surface area contributed by atoms with Gasteiger partial charge in [-0.2, -0.15) is 11.8 Å². The smallest absolute Gasteiger partial charge is 0.137 e. The van der Waals surface area contributed by atoms with Crippen molar-refractivity contribution in [3.05, 3.63) is 30.1 Å². The summed E-state index contributed by atoms with van der Waals surface area (Å²) in [4.78, 5) is 10.2. The van der Waals surface area contributed by atoms with E-state index in [0.29, 0.717) is 0 Å². The van der Waals surface area contributed by atoms with Crippen LogP contribution in [-0.4, -0.2) is 39.5 Å². The van der Waals surface area contributed by atoms with Gasteiger partial charge in [0.15, 0.2) is 0 Å². The molecule has 0 aromatic carbocycles. The van der Waals surface area contributed by atoms with Crippen molar-refractivity contribution in [2.24, 2.45) is 0 Å². The Kier molecular flexibility index (Phi) is 2.84. The zero-order valence-electron chi connectivity index (χ0n) is 9.15. The van der Waals surface area contributed by atoms with Gasteiger partial charge in [-0.3, -0.25) is 4.90 Å². The van der Waals surface area contributed by atoms with Crippen LogP contribution in [0.4, 0.5) is 0 Å². The van der Waals surface area contributed by atoms with Crippen LogP contribution in [-0.2, 0) is 6.54 Å². The highest BCUT2D eigenvalue weighted by Crippen LogP contribution is 2.16. The van der Waals surface area contributed by atoms with Crippen molar-refractivity contribution in [3.8, 4) is 0 Å². The predicted molar refractivity (Wildman–Crippen MR) is 68.7 cm³/mol. The normalized spacial score (nSPS) is 18.0. The van der Waals surface area contributed by atoms with E-state index in [2.05, 4.69) is 38.8 Å². The Labute approximate surface area is 99.2 Å². The molecule has 0 atom stereocenters. The quantitative estimate of drug-likeness (QED) is 0.862. The van der Waals surface area contributed by atoms with Gasteiger partial charge in [0.2, 0.25) is 0 Å². The van der Waals surface area contributed by atoms with E-state index >= 15 is 0 Å². The molecule has 1 fully saturated rings. The van der Waals surface area contributed by atoms with Crippen molar-refractivity contribution in [2.45, 2.75) is 6.54 Å². The zero-order chi connectivity index (χ0) is 10.8. The molecule has 1 aliphatic rings. The van der Waals surface area contributed by atoms with Gasteiger partial charge in [-0.1, -0.05) is 0 Å². The Morgan fingerprint density at radius 2 is 2.25 bits per heavy atom. The number of hydrogen-bond donors (Lipinski definition) is 1. The summed E-state index contributed by atoms with van der Waals surface area (Å²) in [6, 6.07) is 6.30. The van der Waals surface area contributed by atoms with Crippen molar-refractivity contribution in [3.63, 3.8) is 0 Å². The third-order valence-electron chi connectivity index (χ3n) is 2.95. The molecule has 3 rings (SSSR count). The van der Waals surface area contributed by atoms with E-state index in [1.165, 1.54) is 35.7 Å². The molecule has 2 aromatic heterocycles. The van der Waals surface area contributed by atoms with E-state index < -0.39 is 0 Å². The molecule has 0 amide bonds. The first-order valence-electron chi connectivity index (χ1n) is 5.64. The maximum atomic E-state index is 4.32. The summed E-state index contributed by atoms with van der Waals surface area (Å²) in [5.41, 5.74) is 2.28. The number of H-pyrrole nitrogens is 1. The fraction of sp³-hybridized carbons (Fsp3) is 0.417. The monoisotopic (exact) mass is 233 g/mol. The summed E-state index contributed by atoms with van der Waals surface area (Å²) in [5, 5.41) is 1.21. The molecule has 4 heteroatoms. The zero-order valence-corrected chi connectivity index (χ0v) is 9.96. The lowest BCUT2D eigenvalue weighted by molar-refractivity contribution is 0.292. The molecule has 0 aliphatic carbocycles. The van der Waals surface area contributed by atoms with Gasteiger partial charge in [-0.15, -0.1) is 0 Å². The Hall–Kier alpha value is -1.00. The largest absolute Gasteiger partial charge is 0.342 e. The van der Waals surface area contributed by atoms with Gasteiger partial charge in [0.05, 0.1) is 0 Å². The minimum atomic E-state index is 1.00. The predicted octanol–water partition coefficient (Wildman–Crippen LogP) is 2.11. The molecule has 3 nitrogen and oxygen atoms in total. The van der Waals surface area contributed by atoms with Crippen LogP contribution in [0, 0.1) is 0 Å². The fourth-order valence-corrected chi connectivity index (χ4v) is 3.08. The number of thioether (sulfide) groups is 1. The Bertz CT molecular complexity index is 441. The lowest BCUT2D eigenvalue weighted by atomic mass is 10.3. The highest BCUT2D eigenvalue weighted by Gasteiger charge is 2.11. The number of hydrogen-bond acceptors (Lipinski definition) is 3. The molecule has 0 radical (unpaired) electrons. The number of aromatic nitrogens is 2. The van der Waals surface area contributed by atoms with E-state index in [1.54, 1.807) is 0 Å². The van der Waals surface area contributed by atoms with Crippen LogP contribution in [0.15, 0.2) is 24.4 Å². The van der Waals surface area contributed by atoms with E-state index in [1.807, 2.05) is 12.3 Å². The Morgan fingerprint density at radius 3 is 3.06 bits per heavy atom. The number of pyridine rings is 1. The molecule has 1 saturated heterocycles. The third-order valence-corrected chi connectivity index (χ3v) is 3.89. The molecule has 0 saturated carbocycles. The molecule has 1 aliphatic heterocycles. The average molecular weight is 233 g/mol. The van der Waals surface area contributed by atoms with Crippen LogP contribution in [0.25, 0.3) is 11.0 Å². The number of nitrogens with one attached hydrogen (secondary N) is 1. The van der Waals surface area contributed by atoms with Gasteiger partial charge < -0.3 is 4.98 Å². The number of nitrogens with zero attached hydrogens (tertiary/aromatic N) is 2. The summed E-state index contributed by atoms with van der Waals surface area (Å²) in [5.74, 6) is 2.52. The second kappa shape index (κ2) is 4.47. The first-order valence-corrected chi connectivity index (χ1v) is 6.80. The van der Waals surface area contributed by atoms with Gasteiger partial charge in [0.25, 0.3) is 0 Å². The van der Waals surface area contributed by atoms with Gasteiger partial charge in [0.1, 0.15) is 5.65 Å². The number of rotatable bonds is 2.